The normalized spacial score (nSPS) is 18.0. The van der Waals surface area contributed by atoms with Crippen LogP contribution >= 0.6 is 11.6 Å². The first-order valence-corrected chi connectivity index (χ1v) is 9.62. The van der Waals surface area contributed by atoms with E-state index in [4.69, 9.17) is 16.3 Å². The molecule has 0 saturated carbocycles. The van der Waals surface area contributed by atoms with E-state index in [1.165, 1.54) is 0 Å². The van der Waals surface area contributed by atoms with Crippen LogP contribution in [0.2, 0.25) is 5.02 Å². The minimum Gasteiger partial charge on any atom is -0.376 e. The second kappa shape index (κ2) is 7.51. The van der Waals surface area contributed by atoms with E-state index >= 15 is 0 Å². The van der Waals surface area contributed by atoms with Gasteiger partial charge in [-0.1, -0.05) is 11.6 Å². The summed E-state index contributed by atoms with van der Waals surface area (Å²) in [5.74, 6) is -0.361. The molecule has 1 aromatic rings. The van der Waals surface area contributed by atoms with Crippen molar-refractivity contribution >= 4 is 33.2 Å². The molecule has 1 fully saturated rings. The lowest BCUT2D eigenvalue weighted by Gasteiger charge is -2.24. The van der Waals surface area contributed by atoms with Crippen molar-refractivity contribution < 1.29 is 17.9 Å². The minimum absolute atomic E-state index is 0.0166. The van der Waals surface area contributed by atoms with Gasteiger partial charge in [0.05, 0.1) is 18.0 Å². The van der Waals surface area contributed by atoms with Crippen LogP contribution < -0.4 is 9.62 Å². The molecular formula is C15H21ClN2O4S. The van der Waals surface area contributed by atoms with Gasteiger partial charge >= 0.3 is 0 Å². The maximum absolute atomic E-state index is 12.1. The van der Waals surface area contributed by atoms with Gasteiger partial charge in [0.15, 0.2) is 0 Å². The van der Waals surface area contributed by atoms with E-state index < -0.39 is 10.0 Å². The van der Waals surface area contributed by atoms with Gasteiger partial charge < -0.3 is 10.1 Å². The number of halogens is 1. The molecule has 1 heterocycles. The number of benzene rings is 1. The Hall–Kier alpha value is -1.31. The third-order valence-electron chi connectivity index (χ3n) is 3.67. The summed E-state index contributed by atoms with van der Waals surface area (Å²) in [5, 5.41) is 3.25. The first-order chi connectivity index (χ1) is 10.8. The number of rotatable bonds is 6. The Kier molecular flexibility index (Phi) is 5.89. The highest BCUT2D eigenvalue weighted by Gasteiger charge is 2.23. The average Bonchev–Trinajstić information content (AvgIpc) is 2.95. The Labute approximate surface area is 141 Å². The van der Waals surface area contributed by atoms with E-state index in [0.717, 1.165) is 23.4 Å². The molecule has 1 N–H and O–H groups in total. The van der Waals surface area contributed by atoms with Gasteiger partial charge in [0, 0.05) is 18.2 Å². The Morgan fingerprint density at radius 1 is 1.48 bits per heavy atom. The zero-order valence-electron chi connectivity index (χ0n) is 13.2. The molecule has 1 saturated heterocycles. The molecule has 1 unspecified atom stereocenters. The Balaban J connectivity index is 2.08. The maximum Gasteiger partial charge on any atom is 0.240 e. The monoisotopic (exact) mass is 360 g/mol. The third kappa shape index (κ3) is 5.09. The van der Waals surface area contributed by atoms with Crippen molar-refractivity contribution in [3.05, 3.63) is 28.8 Å². The van der Waals surface area contributed by atoms with Crippen molar-refractivity contribution in [2.24, 2.45) is 0 Å². The molecule has 1 aliphatic rings. The first kappa shape index (κ1) is 18.0. The minimum atomic E-state index is -3.59. The highest BCUT2D eigenvalue weighted by molar-refractivity contribution is 7.92. The molecule has 0 radical (unpaired) electrons. The number of sulfonamides is 1. The number of hydrogen-bond acceptors (Lipinski definition) is 4. The average molecular weight is 361 g/mol. The smallest absolute Gasteiger partial charge is 0.240 e. The number of anilines is 1. The lowest BCUT2D eigenvalue weighted by Crippen LogP contribution is -2.42. The zero-order valence-corrected chi connectivity index (χ0v) is 14.8. The van der Waals surface area contributed by atoms with Crippen LogP contribution in [0.25, 0.3) is 0 Å². The Morgan fingerprint density at radius 2 is 2.22 bits per heavy atom. The zero-order chi connectivity index (χ0) is 17.0. The number of ether oxygens (including phenoxy) is 1. The summed E-state index contributed by atoms with van der Waals surface area (Å²) in [6.07, 6.45) is 2.99. The van der Waals surface area contributed by atoms with E-state index in [1.807, 2.05) is 0 Å². The van der Waals surface area contributed by atoms with Crippen LogP contribution in [0, 0.1) is 6.92 Å². The molecule has 0 aromatic heterocycles. The van der Waals surface area contributed by atoms with E-state index in [0.29, 0.717) is 29.4 Å². The van der Waals surface area contributed by atoms with Crippen molar-refractivity contribution in [3.8, 4) is 0 Å². The topological polar surface area (TPSA) is 75.7 Å². The lowest BCUT2D eigenvalue weighted by atomic mass is 10.2. The van der Waals surface area contributed by atoms with Gasteiger partial charge in [-0.05, 0) is 43.5 Å². The number of hydrogen-bond donors (Lipinski definition) is 1. The fourth-order valence-electron chi connectivity index (χ4n) is 2.50. The Morgan fingerprint density at radius 3 is 2.78 bits per heavy atom. The third-order valence-corrected chi connectivity index (χ3v) is 5.03. The fourth-order valence-corrected chi connectivity index (χ4v) is 3.64. The second-order valence-corrected chi connectivity index (χ2v) is 7.98. The van der Waals surface area contributed by atoms with Gasteiger partial charge in [-0.25, -0.2) is 8.42 Å². The summed E-state index contributed by atoms with van der Waals surface area (Å²) < 4.78 is 30.6. The fraction of sp³-hybridized carbons (Fsp3) is 0.533. The maximum atomic E-state index is 12.1. The van der Waals surface area contributed by atoms with E-state index in [1.54, 1.807) is 25.1 Å². The summed E-state index contributed by atoms with van der Waals surface area (Å²) >= 11 is 5.90. The van der Waals surface area contributed by atoms with Crippen molar-refractivity contribution in [2.75, 3.05) is 30.3 Å². The number of carbonyl (C=O) groups is 1. The molecule has 0 aliphatic carbocycles. The van der Waals surface area contributed by atoms with Crippen molar-refractivity contribution in [1.29, 1.82) is 0 Å². The largest absolute Gasteiger partial charge is 0.376 e. The van der Waals surface area contributed by atoms with Crippen LogP contribution in [0.15, 0.2) is 18.2 Å². The molecule has 6 nitrogen and oxygen atoms in total. The number of aryl methyl sites for hydroxylation is 1. The van der Waals surface area contributed by atoms with E-state index in [9.17, 15) is 13.2 Å². The summed E-state index contributed by atoms with van der Waals surface area (Å²) in [6.45, 7) is 2.59. The van der Waals surface area contributed by atoms with Crippen LogP contribution in [-0.2, 0) is 19.6 Å². The highest BCUT2D eigenvalue weighted by atomic mass is 35.5. The molecule has 1 amide bonds. The van der Waals surface area contributed by atoms with Crippen LogP contribution in [0.4, 0.5) is 5.69 Å². The second-order valence-electron chi connectivity index (χ2n) is 5.64. The Bertz CT molecular complexity index is 672. The van der Waals surface area contributed by atoms with Crippen LogP contribution in [0.3, 0.4) is 0 Å². The molecule has 128 valence electrons. The van der Waals surface area contributed by atoms with Crippen LogP contribution in [-0.4, -0.2) is 46.4 Å². The van der Waals surface area contributed by atoms with Crippen molar-refractivity contribution in [1.82, 2.24) is 5.32 Å². The summed E-state index contributed by atoms with van der Waals surface area (Å²) in [4.78, 5) is 12.1. The van der Waals surface area contributed by atoms with Gasteiger partial charge in [-0.2, -0.15) is 0 Å². The number of carbonyl (C=O) groups excluding carboxylic acids is 1. The van der Waals surface area contributed by atoms with E-state index in [2.05, 4.69) is 5.32 Å². The first-order valence-electron chi connectivity index (χ1n) is 7.39. The predicted molar refractivity (Wildman–Crippen MR) is 90.4 cm³/mol. The van der Waals surface area contributed by atoms with Crippen LogP contribution in [0.1, 0.15) is 18.4 Å². The molecule has 23 heavy (non-hydrogen) atoms. The van der Waals surface area contributed by atoms with Gasteiger partial charge in [0.25, 0.3) is 0 Å². The highest BCUT2D eigenvalue weighted by Crippen LogP contribution is 2.25. The van der Waals surface area contributed by atoms with Crippen LogP contribution in [0.5, 0.6) is 0 Å². The number of nitrogens with one attached hydrogen (secondary N) is 1. The number of amides is 1. The predicted octanol–water partition coefficient (Wildman–Crippen LogP) is 1.71. The molecule has 2 rings (SSSR count). The molecule has 0 bridgehead atoms. The molecule has 1 aliphatic heterocycles. The quantitative estimate of drug-likeness (QED) is 0.838. The van der Waals surface area contributed by atoms with Gasteiger partial charge in [-0.3, -0.25) is 9.10 Å². The van der Waals surface area contributed by atoms with Crippen molar-refractivity contribution in [2.45, 2.75) is 25.9 Å². The van der Waals surface area contributed by atoms with E-state index in [-0.39, 0.29) is 18.6 Å². The van der Waals surface area contributed by atoms with Gasteiger partial charge in [0.1, 0.15) is 6.54 Å². The standard InChI is InChI=1S/C15H21ClN2O4S/c1-11-8-12(16)5-6-14(11)18(23(2,20)21)10-15(19)17-9-13-4-3-7-22-13/h5-6,8,13H,3-4,7,9-10H2,1-2H3,(H,17,19). The molecule has 8 heteroatoms. The summed E-state index contributed by atoms with van der Waals surface area (Å²) in [5.41, 5.74) is 1.14. The summed E-state index contributed by atoms with van der Waals surface area (Å²) in [6, 6.07) is 4.87. The van der Waals surface area contributed by atoms with Crippen molar-refractivity contribution in [3.63, 3.8) is 0 Å². The molecular weight excluding hydrogens is 340 g/mol. The van der Waals surface area contributed by atoms with Gasteiger partial charge in [0.2, 0.25) is 15.9 Å². The molecule has 1 atom stereocenters. The lowest BCUT2D eigenvalue weighted by molar-refractivity contribution is -0.120. The number of nitrogens with zero attached hydrogens (tertiary/aromatic N) is 1. The summed E-state index contributed by atoms with van der Waals surface area (Å²) in [7, 11) is -3.59. The van der Waals surface area contributed by atoms with Gasteiger partial charge in [-0.15, -0.1) is 0 Å². The molecule has 0 spiro atoms. The molecule has 1 aromatic carbocycles. The SMILES string of the molecule is Cc1cc(Cl)ccc1N(CC(=O)NCC1CCCO1)S(C)(=O)=O.